The lowest BCUT2D eigenvalue weighted by atomic mass is 10.1. The number of hydrogen-bond donors (Lipinski definition) is 0. The van der Waals surface area contributed by atoms with Crippen LogP contribution in [0, 0.1) is 0 Å². The van der Waals surface area contributed by atoms with Gasteiger partial charge < -0.3 is 9.64 Å². The van der Waals surface area contributed by atoms with Gasteiger partial charge in [0.2, 0.25) is 0 Å². The molecule has 0 fully saturated rings. The third-order valence-corrected chi connectivity index (χ3v) is 5.17. The van der Waals surface area contributed by atoms with Gasteiger partial charge >= 0.3 is 5.97 Å². The van der Waals surface area contributed by atoms with E-state index in [-0.39, 0.29) is 12.0 Å². The topological polar surface area (TPSA) is 55.3 Å². The van der Waals surface area contributed by atoms with Gasteiger partial charge in [-0.05, 0) is 31.9 Å². The molecule has 0 bridgehead atoms. The molecule has 1 atom stereocenters. The zero-order chi connectivity index (χ0) is 16.7. The van der Waals surface area contributed by atoms with Crippen molar-refractivity contribution in [3.05, 3.63) is 47.1 Å². The van der Waals surface area contributed by atoms with Crippen molar-refractivity contribution in [3.63, 3.8) is 0 Å². The molecule has 1 aliphatic rings. The van der Waals surface area contributed by atoms with Crippen LogP contribution in [0.5, 0.6) is 0 Å². The Morgan fingerprint density at radius 1 is 1.38 bits per heavy atom. The largest absolute Gasteiger partial charge is 0.462 e. The molecular formula is C18H17N3O2S. The second kappa shape index (κ2) is 5.87. The van der Waals surface area contributed by atoms with Crippen molar-refractivity contribution in [2.75, 3.05) is 11.5 Å². The molecule has 0 N–H and O–H groups in total. The fourth-order valence-corrected chi connectivity index (χ4v) is 4.16. The smallest absolute Gasteiger partial charge is 0.339 e. The van der Waals surface area contributed by atoms with Gasteiger partial charge in [-0.1, -0.05) is 18.2 Å². The van der Waals surface area contributed by atoms with Crippen molar-refractivity contribution in [3.8, 4) is 0 Å². The van der Waals surface area contributed by atoms with E-state index in [2.05, 4.69) is 40.0 Å². The van der Waals surface area contributed by atoms with E-state index >= 15 is 0 Å². The fraction of sp³-hybridized carbons (Fsp3) is 0.278. The molecule has 4 rings (SSSR count). The number of carbonyl (C=O) groups is 1. The number of fused-ring (bicyclic) bond motifs is 2. The van der Waals surface area contributed by atoms with Crippen molar-refractivity contribution >= 4 is 39.0 Å². The molecule has 6 heteroatoms. The van der Waals surface area contributed by atoms with E-state index in [1.54, 1.807) is 6.33 Å². The SMILES string of the molecule is CCOC(=O)c1csc2ncnc(N3c4ccccc4CC3C)c12. The molecule has 3 heterocycles. The molecule has 5 nitrogen and oxygen atoms in total. The lowest BCUT2D eigenvalue weighted by Gasteiger charge is -2.24. The minimum absolute atomic E-state index is 0.274. The van der Waals surface area contributed by atoms with Crippen LogP contribution in [-0.4, -0.2) is 28.6 Å². The highest BCUT2D eigenvalue weighted by Gasteiger charge is 2.31. The average molecular weight is 339 g/mol. The Labute approximate surface area is 143 Å². The van der Waals surface area contributed by atoms with E-state index in [1.807, 2.05) is 18.4 Å². The van der Waals surface area contributed by atoms with Gasteiger partial charge in [-0.15, -0.1) is 11.3 Å². The molecule has 0 aliphatic carbocycles. The number of ether oxygens (including phenoxy) is 1. The summed E-state index contributed by atoms with van der Waals surface area (Å²) in [5.74, 6) is 0.460. The van der Waals surface area contributed by atoms with Crippen LogP contribution in [0.3, 0.4) is 0 Å². The van der Waals surface area contributed by atoms with Crippen LogP contribution in [0.1, 0.15) is 29.8 Å². The predicted octanol–water partition coefficient (Wildman–Crippen LogP) is 3.95. The summed E-state index contributed by atoms with van der Waals surface area (Å²) in [6, 6.07) is 8.60. The first kappa shape index (κ1) is 15.1. The molecule has 122 valence electrons. The Kier molecular flexibility index (Phi) is 3.69. The summed E-state index contributed by atoms with van der Waals surface area (Å²) in [6.45, 7) is 4.33. The van der Waals surface area contributed by atoms with Gasteiger partial charge in [-0.25, -0.2) is 14.8 Å². The second-order valence-corrected chi connectivity index (χ2v) is 6.66. The van der Waals surface area contributed by atoms with E-state index < -0.39 is 0 Å². The summed E-state index contributed by atoms with van der Waals surface area (Å²) in [6.07, 6.45) is 2.53. The van der Waals surface area contributed by atoms with Gasteiger partial charge in [0.05, 0.1) is 17.6 Å². The monoisotopic (exact) mass is 339 g/mol. The maximum atomic E-state index is 12.3. The first-order valence-electron chi connectivity index (χ1n) is 7.97. The molecular weight excluding hydrogens is 322 g/mol. The number of benzene rings is 1. The molecule has 1 unspecified atom stereocenters. The molecule has 24 heavy (non-hydrogen) atoms. The van der Waals surface area contributed by atoms with Gasteiger partial charge in [0.25, 0.3) is 0 Å². The minimum atomic E-state index is -0.320. The van der Waals surface area contributed by atoms with Gasteiger partial charge in [0.1, 0.15) is 17.0 Å². The summed E-state index contributed by atoms with van der Waals surface area (Å²) >= 11 is 1.45. The summed E-state index contributed by atoms with van der Waals surface area (Å²) in [5.41, 5.74) is 2.99. The lowest BCUT2D eigenvalue weighted by Crippen LogP contribution is -2.25. The van der Waals surface area contributed by atoms with Gasteiger partial charge in [-0.2, -0.15) is 0 Å². The number of thiophene rings is 1. The lowest BCUT2D eigenvalue weighted by molar-refractivity contribution is 0.0529. The number of rotatable bonds is 3. The maximum absolute atomic E-state index is 12.3. The molecule has 1 aliphatic heterocycles. The first-order chi connectivity index (χ1) is 11.7. The van der Waals surface area contributed by atoms with Gasteiger partial charge in [0.15, 0.2) is 0 Å². The van der Waals surface area contributed by atoms with Gasteiger partial charge in [-0.3, -0.25) is 0 Å². The first-order valence-corrected chi connectivity index (χ1v) is 8.85. The summed E-state index contributed by atoms with van der Waals surface area (Å²) in [7, 11) is 0. The zero-order valence-corrected chi connectivity index (χ0v) is 14.3. The van der Waals surface area contributed by atoms with E-state index in [0.29, 0.717) is 12.2 Å². The molecule has 0 radical (unpaired) electrons. The normalized spacial score (nSPS) is 16.4. The number of para-hydroxylation sites is 1. The standard InChI is InChI=1S/C18H17N3O2S/c1-3-23-18(22)13-9-24-17-15(13)16(19-10-20-17)21-11(2)8-12-6-4-5-7-14(12)21/h4-7,9-11H,3,8H2,1-2H3. The third kappa shape index (κ3) is 2.26. The van der Waals surface area contributed by atoms with E-state index in [0.717, 1.165) is 28.1 Å². The quantitative estimate of drug-likeness (QED) is 0.676. The van der Waals surface area contributed by atoms with Crippen LogP contribution in [0.25, 0.3) is 10.2 Å². The third-order valence-electron chi connectivity index (χ3n) is 4.28. The number of nitrogens with zero attached hydrogens (tertiary/aromatic N) is 3. The second-order valence-electron chi connectivity index (χ2n) is 5.80. The highest BCUT2D eigenvalue weighted by molar-refractivity contribution is 7.17. The van der Waals surface area contributed by atoms with Crippen molar-refractivity contribution in [2.45, 2.75) is 26.3 Å². The van der Waals surface area contributed by atoms with Crippen molar-refractivity contribution in [2.24, 2.45) is 0 Å². The zero-order valence-electron chi connectivity index (χ0n) is 13.5. The number of aromatic nitrogens is 2. The molecule has 0 saturated carbocycles. The van der Waals surface area contributed by atoms with Crippen LogP contribution >= 0.6 is 11.3 Å². The molecule has 2 aromatic heterocycles. The molecule has 3 aromatic rings. The number of hydrogen-bond acceptors (Lipinski definition) is 6. The van der Waals surface area contributed by atoms with Gasteiger partial charge in [0, 0.05) is 17.1 Å². The van der Waals surface area contributed by atoms with E-state index in [4.69, 9.17) is 4.74 Å². The van der Waals surface area contributed by atoms with Crippen LogP contribution in [0.15, 0.2) is 36.0 Å². The Morgan fingerprint density at radius 2 is 2.21 bits per heavy atom. The molecule has 0 amide bonds. The molecule has 1 aromatic carbocycles. The van der Waals surface area contributed by atoms with Crippen molar-refractivity contribution in [1.82, 2.24) is 9.97 Å². The van der Waals surface area contributed by atoms with Crippen molar-refractivity contribution in [1.29, 1.82) is 0 Å². The maximum Gasteiger partial charge on any atom is 0.339 e. The average Bonchev–Trinajstić information content (AvgIpc) is 3.15. The number of anilines is 2. The Bertz CT molecular complexity index is 922. The van der Waals surface area contributed by atoms with E-state index in [9.17, 15) is 4.79 Å². The number of carbonyl (C=O) groups excluding carboxylic acids is 1. The summed E-state index contributed by atoms with van der Waals surface area (Å²) in [4.78, 5) is 24.2. The predicted molar refractivity (Wildman–Crippen MR) is 95.1 cm³/mol. The Balaban J connectivity index is 1.91. The Morgan fingerprint density at radius 3 is 3.04 bits per heavy atom. The highest BCUT2D eigenvalue weighted by atomic mass is 32.1. The molecule has 0 saturated heterocycles. The minimum Gasteiger partial charge on any atom is -0.462 e. The Hall–Kier alpha value is -2.47. The van der Waals surface area contributed by atoms with Crippen LogP contribution in [-0.2, 0) is 11.2 Å². The van der Waals surface area contributed by atoms with Crippen molar-refractivity contribution < 1.29 is 9.53 Å². The summed E-state index contributed by atoms with van der Waals surface area (Å²) in [5, 5.41) is 2.59. The highest BCUT2D eigenvalue weighted by Crippen LogP contribution is 2.41. The van der Waals surface area contributed by atoms with E-state index in [1.165, 1.54) is 16.9 Å². The van der Waals surface area contributed by atoms with Crippen LogP contribution < -0.4 is 4.90 Å². The summed E-state index contributed by atoms with van der Waals surface area (Å²) < 4.78 is 5.20. The van der Waals surface area contributed by atoms with Crippen LogP contribution in [0.2, 0.25) is 0 Å². The fourth-order valence-electron chi connectivity index (χ4n) is 3.29. The number of esters is 1. The van der Waals surface area contributed by atoms with Crippen LogP contribution in [0.4, 0.5) is 11.5 Å². The molecule has 0 spiro atoms.